The van der Waals surface area contributed by atoms with Gasteiger partial charge in [0.25, 0.3) is 0 Å². The summed E-state index contributed by atoms with van der Waals surface area (Å²) in [5.74, 6) is 0.789. The van der Waals surface area contributed by atoms with Gasteiger partial charge < -0.3 is 29.9 Å². The maximum atomic E-state index is 12.9. The van der Waals surface area contributed by atoms with E-state index in [1.807, 2.05) is 6.07 Å². The fraction of sp³-hybridized carbons (Fsp3) is 0.500. The number of benzene rings is 1. The maximum absolute atomic E-state index is 12.9. The topological polar surface area (TPSA) is 23.1 Å². The van der Waals surface area contributed by atoms with Crippen molar-refractivity contribution in [2.75, 3.05) is 0 Å². The van der Waals surface area contributed by atoms with Crippen LogP contribution in [0.1, 0.15) is 83.4 Å². The first kappa shape index (κ1) is 26.0. The van der Waals surface area contributed by atoms with Gasteiger partial charge in [-0.3, -0.25) is 0 Å². The van der Waals surface area contributed by atoms with Gasteiger partial charge in [-0.2, -0.15) is 0 Å². The molecule has 1 radical (unpaired) electrons. The third-order valence-corrected chi connectivity index (χ3v) is 4.85. The Kier molecular flexibility index (Phi) is 10.9. The van der Waals surface area contributed by atoms with Crippen LogP contribution in [0.3, 0.4) is 0 Å². The Hall–Kier alpha value is -0.206. The minimum absolute atomic E-state index is 0. The van der Waals surface area contributed by atoms with E-state index in [0.717, 1.165) is 17.5 Å². The molecule has 1 nitrogen and oxygen atoms in total. The van der Waals surface area contributed by atoms with E-state index in [4.69, 9.17) is 0 Å². The van der Waals surface area contributed by atoms with Crippen molar-refractivity contribution >= 4 is 5.57 Å². The van der Waals surface area contributed by atoms with Crippen molar-refractivity contribution in [2.24, 2.45) is 0 Å². The Balaban J connectivity index is 0. The van der Waals surface area contributed by atoms with Crippen LogP contribution in [0.4, 0.5) is 0 Å². The van der Waals surface area contributed by atoms with Crippen molar-refractivity contribution in [1.82, 2.24) is 0 Å². The van der Waals surface area contributed by atoms with Crippen molar-refractivity contribution in [3.05, 3.63) is 45.5 Å². The quantitative estimate of drug-likeness (QED) is 0.627. The normalized spacial score (nSPS) is 13.9. The van der Waals surface area contributed by atoms with Gasteiger partial charge in [0.1, 0.15) is 0 Å². The molecule has 0 fully saturated rings. The van der Waals surface area contributed by atoms with E-state index in [2.05, 4.69) is 54.5 Å². The minimum Gasteiger partial charge on any atom is -1.00 e. The molecule has 0 bridgehead atoms. The molecule has 0 unspecified atom stereocenters. The summed E-state index contributed by atoms with van der Waals surface area (Å²) in [4.78, 5) is 0. The minimum atomic E-state index is 0. The molecule has 0 amide bonds. The van der Waals surface area contributed by atoms with E-state index in [-0.39, 0.29) is 64.1 Å². The van der Waals surface area contributed by atoms with E-state index < -0.39 is 0 Å². The van der Waals surface area contributed by atoms with Gasteiger partial charge in [0.15, 0.2) is 0 Å². The zero-order chi connectivity index (χ0) is 15.9. The van der Waals surface area contributed by atoms with Gasteiger partial charge in [-0.15, -0.1) is 5.75 Å². The fourth-order valence-electron chi connectivity index (χ4n) is 3.28. The van der Waals surface area contributed by atoms with Gasteiger partial charge in [0.2, 0.25) is 0 Å². The van der Waals surface area contributed by atoms with Crippen LogP contribution in [0.25, 0.3) is 5.57 Å². The second-order valence-corrected chi connectivity index (χ2v) is 6.94. The standard InChI is InChI=1S/C20H28O.2ClH.Ti/c1-11(2)16-8-9-17(19(12(3)4)20(16)21)18-10-13(5)14(6)15(18)7;;;/h8-9,11-12,21H,10H2,1-7H3;2*1H;/q;;;+3/p-3. The van der Waals surface area contributed by atoms with E-state index in [1.165, 1.54) is 27.9 Å². The van der Waals surface area contributed by atoms with Crippen molar-refractivity contribution in [1.29, 1.82) is 0 Å². The summed E-state index contributed by atoms with van der Waals surface area (Å²) >= 11 is 0. The molecule has 0 saturated carbocycles. The molecule has 1 aliphatic carbocycles. The molecule has 0 heterocycles. The van der Waals surface area contributed by atoms with Gasteiger partial charge in [-0.05, 0) is 66.9 Å². The first-order valence-corrected chi connectivity index (χ1v) is 7.96. The Morgan fingerprint density at radius 3 is 1.79 bits per heavy atom. The second kappa shape index (κ2) is 10.1. The van der Waals surface area contributed by atoms with E-state index in [0.29, 0.717) is 0 Å². The SMILES string of the molecule is CC1=C(C)C(C)=C(c2ccc(C(C)C)c([O-])c2C(C)C)C1.[Cl-].[Cl-].[Ti+3]. The summed E-state index contributed by atoms with van der Waals surface area (Å²) in [6.45, 7) is 15.0. The fourth-order valence-corrected chi connectivity index (χ4v) is 3.28. The molecule has 1 aliphatic rings. The van der Waals surface area contributed by atoms with Crippen LogP contribution >= 0.6 is 0 Å². The Bertz CT molecular complexity index is 643. The van der Waals surface area contributed by atoms with Crippen molar-refractivity contribution in [3.63, 3.8) is 0 Å². The van der Waals surface area contributed by atoms with Gasteiger partial charge in [-0.1, -0.05) is 51.0 Å². The molecule has 0 aliphatic heterocycles. The number of hydrogen-bond donors (Lipinski definition) is 0. The number of allylic oxidation sites excluding steroid dienone is 4. The summed E-state index contributed by atoms with van der Waals surface area (Å²) in [6.07, 6.45) is 0.984. The molecule has 4 heteroatoms. The largest absolute Gasteiger partial charge is 3.00 e. The molecule has 0 N–H and O–H groups in total. The average molecular weight is 402 g/mol. The van der Waals surface area contributed by atoms with Crippen LogP contribution in [0.5, 0.6) is 5.75 Å². The van der Waals surface area contributed by atoms with E-state index >= 15 is 0 Å². The van der Waals surface area contributed by atoms with Crippen LogP contribution < -0.4 is 29.9 Å². The molecule has 1 aromatic rings. The maximum Gasteiger partial charge on any atom is 3.00 e. The van der Waals surface area contributed by atoms with E-state index in [1.54, 1.807) is 0 Å². The van der Waals surface area contributed by atoms with Crippen LogP contribution in [-0.2, 0) is 21.7 Å². The third kappa shape index (κ3) is 4.70. The second-order valence-electron chi connectivity index (χ2n) is 6.94. The Morgan fingerprint density at radius 1 is 0.875 bits per heavy atom. The summed E-state index contributed by atoms with van der Waals surface area (Å²) in [6, 6.07) is 4.22. The summed E-state index contributed by atoms with van der Waals surface area (Å²) < 4.78 is 0. The van der Waals surface area contributed by atoms with Crippen LogP contribution in [0, 0.1) is 0 Å². The molecule has 0 saturated heterocycles. The molecule has 0 atom stereocenters. The predicted octanol–water partition coefficient (Wildman–Crippen LogP) is -0.474. The average Bonchev–Trinajstić information content (AvgIpc) is 2.65. The third-order valence-electron chi connectivity index (χ3n) is 4.85. The Morgan fingerprint density at radius 2 is 1.42 bits per heavy atom. The zero-order valence-corrected chi connectivity index (χ0v) is 18.8. The molecular formula is C20H27Cl2OTi. The van der Waals surface area contributed by atoms with Gasteiger partial charge >= 0.3 is 21.7 Å². The molecule has 1 aromatic carbocycles. The predicted molar refractivity (Wildman–Crippen MR) is 89.7 cm³/mol. The summed E-state index contributed by atoms with van der Waals surface area (Å²) in [5, 5.41) is 12.9. The smallest absolute Gasteiger partial charge is 1.00 e. The van der Waals surface area contributed by atoms with Crippen molar-refractivity contribution in [3.8, 4) is 5.75 Å². The molecule has 24 heavy (non-hydrogen) atoms. The van der Waals surface area contributed by atoms with Crippen LogP contribution in [0.15, 0.2) is 28.9 Å². The molecular weight excluding hydrogens is 375 g/mol. The van der Waals surface area contributed by atoms with Crippen molar-refractivity contribution in [2.45, 2.75) is 66.7 Å². The van der Waals surface area contributed by atoms with Gasteiger partial charge in [-0.25, -0.2) is 0 Å². The first-order chi connectivity index (χ1) is 9.75. The van der Waals surface area contributed by atoms with Gasteiger partial charge in [0, 0.05) is 0 Å². The van der Waals surface area contributed by atoms with Crippen LogP contribution in [-0.4, -0.2) is 0 Å². The summed E-state index contributed by atoms with van der Waals surface area (Å²) in [7, 11) is 0. The number of rotatable bonds is 3. The monoisotopic (exact) mass is 401 g/mol. The van der Waals surface area contributed by atoms with Crippen LogP contribution in [0.2, 0.25) is 0 Å². The van der Waals surface area contributed by atoms with Crippen molar-refractivity contribution < 1.29 is 51.6 Å². The van der Waals surface area contributed by atoms with E-state index in [9.17, 15) is 5.11 Å². The first-order valence-electron chi connectivity index (χ1n) is 7.96. The number of halogens is 2. The van der Waals surface area contributed by atoms with Gasteiger partial charge in [0.05, 0.1) is 0 Å². The number of hydrogen-bond acceptors (Lipinski definition) is 1. The zero-order valence-electron chi connectivity index (χ0n) is 15.7. The molecule has 0 spiro atoms. The summed E-state index contributed by atoms with van der Waals surface area (Å²) in [5.41, 5.74) is 8.64. The molecule has 2 rings (SSSR count). The molecule has 131 valence electrons. The Labute approximate surface area is 174 Å². The molecule has 0 aromatic heterocycles.